The maximum absolute atomic E-state index is 11.8. The Morgan fingerprint density at radius 1 is 1.38 bits per heavy atom. The second-order valence-corrected chi connectivity index (χ2v) is 5.55. The number of nitrogens with zero attached hydrogens (tertiary/aromatic N) is 1. The summed E-state index contributed by atoms with van der Waals surface area (Å²) in [5, 5.41) is 14.1. The first-order valence-electron chi connectivity index (χ1n) is 6.63. The van der Waals surface area contributed by atoms with E-state index in [4.69, 9.17) is 9.84 Å². The van der Waals surface area contributed by atoms with Crippen LogP contribution in [0.25, 0.3) is 0 Å². The van der Waals surface area contributed by atoms with Crippen LogP contribution in [0.4, 0.5) is 10.5 Å². The molecule has 1 aromatic heterocycles. The number of hydrogen-bond acceptors (Lipinski definition) is 4. The van der Waals surface area contributed by atoms with E-state index < -0.39 is 23.5 Å². The summed E-state index contributed by atoms with van der Waals surface area (Å²) in [4.78, 5) is 27.0. The van der Waals surface area contributed by atoms with E-state index in [0.717, 1.165) is 0 Å². The first-order chi connectivity index (χ1) is 9.74. The van der Waals surface area contributed by atoms with Gasteiger partial charge in [0.05, 0.1) is 18.5 Å². The summed E-state index contributed by atoms with van der Waals surface area (Å²) in [5.74, 6) is -0.621. The number of ether oxygens (including phenoxy) is 1. The van der Waals surface area contributed by atoms with Gasteiger partial charge < -0.3 is 20.5 Å². The minimum atomic E-state index is -1.08. The molecule has 3 N–H and O–H groups in total. The van der Waals surface area contributed by atoms with Gasteiger partial charge in [0, 0.05) is 6.07 Å². The van der Waals surface area contributed by atoms with E-state index in [1.165, 1.54) is 6.20 Å². The van der Waals surface area contributed by atoms with Crippen LogP contribution in [0.2, 0.25) is 0 Å². The second-order valence-electron chi connectivity index (χ2n) is 5.55. The fourth-order valence-electron chi connectivity index (χ4n) is 1.63. The highest BCUT2D eigenvalue weighted by molar-refractivity contribution is 5.92. The fourth-order valence-corrected chi connectivity index (χ4v) is 1.63. The molecule has 0 aromatic carbocycles. The standard InChI is InChI=1S/C14H21N3O4/c1-5-21-10-7-6-9(8-15-10)16-13(20)17-11(12(18)19)14(2,3)4/h6-8,11H,5H2,1-4H3,(H,18,19)(H2,16,17,20)/t11-/m1/s1. The quantitative estimate of drug-likeness (QED) is 0.772. The summed E-state index contributed by atoms with van der Waals surface area (Å²) in [7, 11) is 0. The molecule has 7 nitrogen and oxygen atoms in total. The van der Waals surface area contributed by atoms with Gasteiger partial charge >= 0.3 is 12.0 Å². The molecule has 0 aliphatic rings. The average molecular weight is 295 g/mol. The molecule has 0 bridgehead atoms. The number of aliphatic carboxylic acids is 1. The van der Waals surface area contributed by atoms with Gasteiger partial charge in [0.25, 0.3) is 0 Å². The maximum Gasteiger partial charge on any atom is 0.326 e. The molecule has 0 spiro atoms. The third kappa shape index (κ3) is 5.29. The molecular formula is C14H21N3O4. The van der Waals surface area contributed by atoms with Gasteiger partial charge in [-0.25, -0.2) is 14.6 Å². The van der Waals surface area contributed by atoms with E-state index in [0.29, 0.717) is 18.2 Å². The van der Waals surface area contributed by atoms with Gasteiger partial charge in [0.2, 0.25) is 5.88 Å². The lowest BCUT2D eigenvalue weighted by molar-refractivity contribution is -0.141. The van der Waals surface area contributed by atoms with Gasteiger partial charge in [-0.1, -0.05) is 20.8 Å². The Balaban J connectivity index is 2.66. The van der Waals surface area contributed by atoms with Gasteiger partial charge in [-0.3, -0.25) is 0 Å². The van der Waals surface area contributed by atoms with E-state index in [2.05, 4.69) is 15.6 Å². The zero-order valence-corrected chi connectivity index (χ0v) is 12.6. The van der Waals surface area contributed by atoms with Crippen molar-refractivity contribution in [1.29, 1.82) is 0 Å². The highest BCUT2D eigenvalue weighted by atomic mass is 16.5. The molecule has 0 saturated carbocycles. The van der Waals surface area contributed by atoms with E-state index >= 15 is 0 Å². The minimum absolute atomic E-state index is 0.453. The molecule has 0 unspecified atom stereocenters. The molecule has 1 atom stereocenters. The number of carbonyl (C=O) groups excluding carboxylic acids is 1. The monoisotopic (exact) mass is 295 g/mol. The molecular weight excluding hydrogens is 274 g/mol. The molecule has 1 rings (SSSR count). The SMILES string of the molecule is CCOc1ccc(NC(=O)N[C@H](C(=O)O)C(C)(C)C)cn1. The zero-order valence-electron chi connectivity index (χ0n) is 12.6. The maximum atomic E-state index is 11.8. The number of carbonyl (C=O) groups is 2. The third-order valence-corrected chi connectivity index (χ3v) is 2.67. The van der Waals surface area contributed by atoms with Crippen molar-refractivity contribution < 1.29 is 19.4 Å². The van der Waals surface area contributed by atoms with Crippen molar-refractivity contribution in [3.8, 4) is 5.88 Å². The fraction of sp³-hybridized carbons (Fsp3) is 0.500. The van der Waals surface area contributed by atoms with Gasteiger partial charge in [-0.15, -0.1) is 0 Å². The van der Waals surface area contributed by atoms with Crippen LogP contribution < -0.4 is 15.4 Å². The molecule has 7 heteroatoms. The van der Waals surface area contributed by atoms with Crippen molar-refractivity contribution in [1.82, 2.24) is 10.3 Å². The molecule has 0 saturated heterocycles. The Labute approximate surface area is 123 Å². The molecule has 0 radical (unpaired) electrons. The molecule has 0 aliphatic carbocycles. The van der Waals surface area contributed by atoms with Crippen LogP contribution in [-0.4, -0.2) is 34.7 Å². The predicted octanol–water partition coefficient (Wildman–Crippen LogP) is 2.10. The van der Waals surface area contributed by atoms with Crippen LogP contribution in [-0.2, 0) is 4.79 Å². The van der Waals surface area contributed by atoms with Gasteiger partial charge in [0.1, 0.15) is 6.04 Å². The first kappa shape index (κ1) is 16.7. The number of amides is 2. The molecule has 21 heavy (non-hydrogen) atoms. The Hall–Kier alpha value is -2.31. The predicted molar refractivity (Wildman–Crippen MR) is 78.4 cm³/mol. The molecule has 0 fully saturated rings. The zero-order chi connectivity index (χ0) is 16.0. The number of aromatic nitrogens is 1. The summed E-state index contributed by atoms with van der Waals surface area (Å²) >= 11 is 0. The normalized spacial score (nSPS) is 12.4. The highest BCUT2D eigenvalue weighted by Crippen LogP contribution is 2.19. The number of carboxylic acids is 1. The average Bonchev–Trinajstić information content (AvgIpc) is 2.37. The second kappa shape index (κ2) is 6.92. The number of anilines is 1. The van der Waals surface area contributed by atoms with Crippen LogP contribution in [0.3, 0.4) is 0 Å². The van der Waals surface area contributed by atoms with Crippen LogP contribution in [0.15, 0.2) is 18.3 Å². The van der Waals surface area contributed by atoms with Crippen molar-refractivity contribution in [2.75, 3.05) is 11.9 Å². The number of urea groups is 1. The largest absolute Gasteiger partial charge is 0.480 e. The summed E-state index contributed by atoms with van der Waals surface area (Å²) in [6.45, 7) is 7.57. The summed E-state index contributed by atoms with van der Waals surface area (Å²) in [6, 6.07) is 1.67. The van der Waals surface area contributed by atoms with Crippen LogP contribution >= 0.6 is 0 Å². The van der Waals surface area contributed by atoms with E-state index in [1.54, 1.807) is 32.9 Å². The van der Waals surface area contributed by atoms with Gasteiger partial charge in [0.15, 0.2) is 0 Å². The lowest BCUT2D eigenvalue weighted by Gasteiger charge is -2.27. The number of pyridine rings is 1. The van der Waals surface area contributed by atoms with Crippen LogP contribution in [0, 0.1) is 5.41 Å². The summed E-state index contributed by atoms with van der Waals surface area (Å²) < 4.78 is 5.19. The topological polar surface area (TPSA) is 101 Å². The lowest BCUT2D eigenvalue weighted by Crippen LogP contribution is -2.50. The van der Waals surface area contributed by atoms with Crippen molar-refractivity contribution in [2.24, 2.45) is 5.41 Å². The minimum Gasteiger partial charge on any atom is -0.480 e. The smallest absolute Gasteiger partial charge is 0.326 e. The van der Waals surface area contributed by atoms with Gasteiger partial charge in [-0.05, 0) is 18.4 Å². The van der Waals surface area contributed by atoms with Crippen LogP contribution in [0.5, 0.6) is 5.88 Å². The lowest BCUT2D eigenvalue weighted by atomic mass is 9.87. The molecule has 2 amide bonds. The molecule has 116 valence electrons. The Morgan fingerprint density at radius 2 is 2.05 bits per heavy atom. The van der Waals surface area contributed by atoms with Crippen molar-refractivity contribution in [3.63, 3.8) is 0 Å². The molecule has 1 aromatic rings. The summed E-state index contributed by atoms with van der Waals surface area (Å²) in [6.07, 6.45) is 1.44. The van der Waals surface area contributed by atoms with E-state index in [-0.39, 0.29) is 0 Å². The Bertz CT molecular complexity index is 494. The number of hydrogen-bond donors (Lipinski definition) is 3. The Kier molecular flexibility index (Phi) is 5.52. The molecule has 0 aliphatic heterocycles. The van der Waals surface area contributed by atoms with Crippen molar-refractivity contribution >= 4 is 17.7 Å². The molecule has 1 heterocycles. The Morgan fingerprint density at radius 3 is 2.48 bits per heavy atom. The van der Waals surface area contributed by atoms with Gasteiger partial charge in [-0.2, -0.15) is 0 Å². The third-order valence-electron chi connectivity index (χ3n) is 2.67. The number of nitrogens with one attached hydrogen (secondary N) is 2. The van der Waals surface area contributed by atoms with Crippen molar-refractivity contribution in [2.45, 2.75) is 33.7 Å². The van der Waals surface area contributed by atoms with Crippen molar-refractivity contribution in [3.05, 3.63) is 18.3 Å². The first-order valence-corrected chi connectivity index (χ1v) is 6.63. The van der Waals surface area contributed by atoms with Crippen LogP contribution in [0.1, 0.15) is 27.7 Å². The van der Waals surface area contributed by atoms with E-state index in [9.17, 15) is 9.59 Å². The van der Waals surface area contributed by atoms with E-state index in [1.807, 2.05) is 6.92 Å². The summed E-state index contributed by atoms with van der Waals surface area (Å²) in [5.41, 5.74) is -0.144. The number of carboxylic acid groups (broad SMARTS) is 1. The highest BCUT2D eigenvalue weighted by Gasteiger charge is 2.32. The number of rotatable bonds is 5.